The van der Waals surface area contributed by atoms with E-state index in [9.17, 15) is 17.6 Å². The number of nitrogen functional groups attached to an aromatic ring is 1. The van der Waals surface area contributed by atoms with Crippen molar-refractivity contribution in [1.82, 2.24) is 4.72 Å². The lowest BCUT2D eigenvalue weighted by Gasteiger charge is -2.09. The summed E-state index contributed by atoms with van der Waals surface area (Å²) in [6.07, 6.45) is 0. The zero-order chi connectivity index (χ0) is 14.6. The number of nitrogens with one attached hydrogen (secondary N) is 1. The average Bonchev–Trinajstić information content (AvgIpc) is 2.33. The van der Waals surface area contributed by atoms with Crippen molar-refractivity contribution >= 4 is 21.7 Å². The Morgan fingerprint density at radius 1 is 1.47 bits per heavy atom. The van der Waals surface area contributed by atoms with Crippen LogP contribution in [0.5, 0.6) is 0 Å². The van der Waals surface area contributed by atoms with Crippen LogP contribution in [0.1, 0.15) is 12.5 Å². The van der Waals surface area contributed by atoms with E-state index in [1.54, 1.807) is 6.92 Å². The lowest BCUT2D eigenvalue weighted by molar-refractivity contribution is -0.141. The van der Waals surface area contributed by atoms with E-state index in [1.807, 2.05) is 0 Å². The van der Waals surface area contributed by atoms with Crippen molar-refractivity contribution in [3.63, 3.8) is 0 Å². The molecule has 0 aliphatic heterocycles. The van der Waals surface area contributed by atoms with Crippen LogP contribution in [0.4, 0.5) is 10.1 Å². The largest absolute Gasteiger partial charge is 0.465 e. The molecule has 0 spiro atoms. The number of nitrogens with two attached hydrogens (primary N) is 1. The Hall–Kier alpha value is -1.67. The van der Waals surface area contributed by atoms with Gasteiger partial charge in [-0.1, -0.05) is 0 Å². The first-order chi connectivity index (χ1) is 8.77. The number of hydrogen-bond acceptors (Lipinski definition) is 5. The first-order valence-corrected chi connectivity index (χ1v) is 6.97. The molecule has 0 aliphatic rings. The first-order valence-electron chi connectivity index (χ1n) is 5.49. The molecule has 0 fully saturated rings. The van der Waals surface area contributed by atoms with Crippen molar-refractivity contribution in [3.05, 3.63) is 23.5 Å². The van der Waals surface area contributed by atoms with E-state index in [4.69, 9.17) is 5.73 Å². The maximum absolute atomic E-state index is 13.3. The molecule has 0 radical (unpaired) electrons. The zero-order valence-electron chi connectivity index (χ0n) is 10.6. The number of rotatable bonds is 5. The normalized spacial score (nSPS) is 11.3. The highest BCUT2D eigenvalue weighted by Gasteiger charge is 2.18. The van der Waals surface area contributed by atoms with Crippen molar-refractivity contribution < 1.29 is 22.3 Å². The molecule has 1 aromatic carbocycles. The molecular formula is C11H15FN2O4S. The highest BCUT2D eigenvalue weighted by atomic mass is 32.2. The van der Waals surface area contributed by atoms with Crippen molar-refractivity contribution in [3.8, 4) is 0 Å². The molecular weight excluding hydrogens is 275 g/mol. The van der Waals surface area contributed by atoms with Crippen LogP contribution < -0.4 is 10.5 Å². The van der Waals surface area contributed by atoms with Crippen LogP contribution in [-0.2, 0) is 19.6 Å². The number of carbonyl (C=O) groups excluding carboxylic acids is 1. The molecule has 8 heteroatoms. The quantitative estimate of drug-likeness (QED) is 0.610. The second-order valence-corrected chi connectivity index (χ2v) is 5.54. The minimum atomic E-state index is -3.93. The molecule has 106 valence electrons. The van der Waals surface area contributed by atoms with Crippen molar-refractivity contribution in [1.29, 1.82) is 0 Å². The molecule has 0 unspecified atom stereocenters. The van der Waals surface area contributed by atoms with Gasteiger partial charge in [-0.2, -0.15) is 4.72 Å². The van der Waals surface area contributed by atoms with Crippen LogP contribution in [-0.4, -0.2) is 27.5 Å². The molecule has 0 atom stereocenters. The maximum Gasteiger partial charge on any atom is 0.321 e. The summed E-state index contributed by atoms with van der Waals surface area (Å²) >= 11 is 0. The predicted molar refractivity (Wildman–Crippen MR) is 67.4 cm³/mol. The van der Waals surface area contributed by atoms with Gasteiger partial charge in [0.2, 0.25) is 10.0 Å². The number of halogens is 1. The minimum Gasteiger partial charge on any atom is -0.465 e. The molecule has 0 saturated heterocycles. The predicted octanol–water partition coefficient (Wildman–Crippen LogP) is 0.558. The Morgan fingerprint density at radius 2 is 2.11 bits per heavy atom. The molecule has 0 amide bonds. The summed E-state index contributed by atoms with van der Waals surface area (Å²) in [5.74, 6) is -1.36. The van der Waals surface area contributed by atoms with Gasteiger partial charge in [0.05, 0.1) is 17.2 Å². The Bertz CT molecular complexity index is 563. The zero-order valence-corrected chi connectivity index (χ0v) is 11.4. The number of carbonyl (C=O) groups is 1. The van der Waals surface area contributed by atoms with Crippen LogP contribution >= 0.6 is 0 Å². The SMILES string of the molecule is CCOC(=O)CNS(=O)(=O)c1cc(C)c(F)c(N)c1. The first kappa shape index (κ1) is 15.4. The van der Waals surface area contributed by atoms with Gasteiger partial charge in [0, 0.05) is 0 Å². The van der Waals surface area contributed by atoms with Crippen LogP contribution in [0.2, 0.25) is 0 Å². The molecule has 3 N–H and O–H groups in total. The number of benzene rings is 1. The fraction of sp³-hybridized carbons (Fsp3) is 0.364. The highest BCUT2D eigenvalue weighted by Crippen LogP contribution is 2.20. The third-order valence-electron chi connectivity index (χ3n) is 2.28. The van der Waals surface area contributed by atoms with Gasteiger partial charge in [-0.05, 0) is 31.5 Å². The van der Waals surface area contributed by atoms with Crippen molar-refractivity contribution in [2.75, 3.05) is 18.9 Å². The maximum atomic E-state index is 13.3. The lowest BCUT2D eigenvalue weighted by Crippen LogP contribution is -2.30. The molecule has 6 nitrogen and oxygen atoms in total. The summed E-state index contributed by atoms with van der Waals surface area (Å²) < 4.78 is 43.7. The van der Waals surface area contributed by atoms with Gasteiger partial charge in [-0.3, -0.25) is 4.79 Å². The van der Waals surface area contributed by atoms with E-state index in [-0.39, 0.29) is 22.8 Å². The molecule has 0 aliphatic carbocycles. The van der Waals surface area contributed by atoms with E-state index >= 15 is 0 Å². The van der Waals surface area contributed by atoms with Gasteiger partial charge in [0.25, 0.3) is 0 Å². The minimum absolute atomic E-state index is 0.108. The van der Waals surface area contributed by atoms with Gasteiger partial charge in [-0.15, -0.1) is 0 Å². The van der Waals surface area contributed by atoms with Gasteiger partial charge < -0.3 is 10.5 Å². The van der Waals surface area contributed by atoms with E-state index in [0.29, 0.717) is 0 Å². The molecule has 0 heterocycles. The number of esters is 1. The van der Waals surface area contributed by atoms with E-state index in [2.05, 4.69) is 9.46 Å². The van der Waals surface area contributed by atoms with Gasteiger partial charge in [-0.25, -0.2) is 12.8 Å². The summed E-state index contributed by atoms with van der Waals surface area (Å²) in [6, 6.07) is 2.13. The number of ether oxygens (including phenoxy) is 1. The van der Waals surface area contributed by atoms with Gasteiger partial charge in [0.15, 0.2) is 0 Å². The topological polar surface area (TPSA) is 98.5 Å². The molecule has 19 heavy (non-hydrogen) atoms. The third-order valence-corrected chi connectivity index (χ3v) is 3.66. The number of aryl methyl sites for hydroxylation is 1. The van der Waals surface area contributed by atoms with Gasteiger partial charge >= 0.3 is 5.97 Å². The molecule has 0 bridgehead atoms. The van der Waals surface area contributed by atoms with Crippen LogP contribution in [0.15, 0.2) is 17.0 Å². The molecule has 0 aromatic heterocycles. The van der Waals surface area contributed by atoms with Crippen molar-refractivity contribution in [2.45, 2.75) is 18.7 Å². The number of hydrogen-bond donors (Lipinski definition) is 2. The third kappa shape index (κ3) is 3.90. The Kier molecular flexibility index (Phi) is 4.84. The van der Waals surface area contributed by atoms with Crippen LogP contribution in [0.25, 0.3) is 0 Å². The second kappa shape index (κ2) is 5.98. The standard InChI is InChI=1S/C11H15FN2O4S/c1-3-18-10(15)6-14-19(16,17)8-4-7(2)11(12)9(13)5-8/h4-5,14H,3,6,13H2,1-2H3. The number of anilines is 1. The molecule has 1 aromatic rings. The van der Waals surface area contributed by atoms with E-state index in [1.165, 1.54) is 6.92 Å². The molecule has 0 saturated carbocycles. The Labute approximate surface area is 110 Å². The fourth-order valence-electron chi connectivity index (χ4n) is 1.37. The average molecular weight is 290 g/mol. The summed E-state index contributed by atoms with van der Waals surface area (Å²) in [6.45, 7) is 2.67. The lowest BCUT2D eigenvalue weighted by atomic mass is 10.2. The van der Waals surface area contributed by atoms with E-state index < -0.39 is 28.4 Å². The van der Waals surface area contributed by atoms with Crippen LogP contribution in [0, 0.1) is 12.7 Å². The number of sulfonamides is 1. The summed E-state index contributed by atoms with van der Waals surface area (Å²) in [7, 11) is -3.93. The molecule has 1 rings (SSSR count). The monoisotopic (exact) mass is 290 g/mol. The summed E-state index contributed by atoms with van der Waals surface area (Å²) in [4.78, 5) is 10.9. The highest BCUT2D eigenvalue weighted by molar-refractivity contribution is 7.89. The van der Waals surface area contributed by atoms with E-state index in [0.717, 1.165) is 12.1 Å². The Morgan fingerprint density at radius 3 is 2.63 bits per heavy atom. The Balaban J connectivity index is 2.92. The summed E-state index contributed by atoms with van der Waals surface area (Å²) in [5.41, 5.74) is 5.20. The van der Waals surface area contributed by atoms with Crippen molar-refractivity contribution in [2.24, 2.45) is 0 Å². The van der Waals surface area contributed by atoms with Crippen LogP contribution in [0.3, 0.4) is 0 Å². The smallest absolute Gasteiger partial charge is 0.321 e. The van der Waals surface area contributed by atoms with Gasteiger partial charge in [0.1, 0.15) is 12.4 Å². The second-order valence-electron chi connectivity index (χ2n) is 3.77. The summed E-state index contributed by atoms with van der Waals surface area (Å²) in [5, 5.41) is 0. The fourth-order valence-corrected chi connectivity index (χ4v) is 2.46.